The molecule has 0 saturated heterocycles. The van der Waals surface area contributed by atoms with Crippen LogP contribution < -0.4 is 0 Å². The molecule has 0 fully saturated rings. The lowest BCUT2D eigenvalue weighted by Crippen LogP contribution is -2.21. The van der Waals surface area contributed by atoms with Crippen LogP contribution >= 0.6 is 11.6 Å². The minimum atomic E-state index is -0.463. The first kappa shape index (κ1) is 19.7. The number of aromatic nitrogens is 1. The van der Waals surface area contributed by atoms with Crippen LogP contribution in [0.3, 0.4) is 0 Å². The molecule has 0 aliphatic carbocycles. The molecule has 0 unspecified atom stereocenters. The third-order valence-electron chi connectivity index (χ3n) is 4.37. The Labute approximate surface area is 165 Å². The SMILES string of the molecule is CN(CCc1ccc([N+](=O)[O-])cc1)Cc1cc(Cl)c2cc([N+](=O)[O-])ccc2n1. The summed E-state index contributed by atoms with van der Waals surface area (Å²) in [5.74, 6) is 0. The van der Waals surface area contributed by atoms with E-state index in [0.29, 0.717) is 22.5 Å². The van der Waals surface area contributed by atoms with Gasteiger partial charge in [0, 0.05) is 42.7 Å². The highest BCUT2D eigenvalue weighted by Gasteiger charge is 2.12. The molecular formula is C19H17ClN4O4. The number of nitrogens with zero attached hydrogens (tertiary/aromatic N) is 4. The van der Waals surface area contributed by atoms with Crippen molar-refractivity contribution >= 4 is 33.9 Å². The molecule has 0 aliphatic rings. The van der Waals surface area contributed by atoms with Gasteiger partial charge in [0.2, 0.25) is 0 Å². The molecule has 0 saturated carbocycles. The minimum absolute atomic E-state index is 0.0239. The molecule has 1 heterocycles. The molecule has 0 N–H and O–H groups in total. The van der Waals surface area contributed by atoms with E-state index in [9.17, 15) is 20.2 Å². The van der Waals surface area contributed by atoms with E-state index in [-0.39, 0.29) is 11.4 Å². The summed E-state index contributed by atoms with van der Waals surface area (Å²) in [4.78, 5) is 27.3. The summed E-state index contributed by atoms with van der Waals surface area (Å²) < 4.78 is 0. The van der Waals surface area contributed by atoms with Crippen molar-refractivity contribution in [1.29, 1.82) is 0 Å². The quantitative estimate of drug-likeness (QED) is 0.430. The highest BCUT2D eigenvalue weighted by Crippen LogP contribution is 2.27. The molecule has 1 aromatic heterocycles. The van der Waals surface area contributed by atoms with E-state index in [1.165, 1.54) is 24.3 Å². The number of halogens is 1. The fourth-order valence-electron chi connectivity index (χ4n) is 2.88. The van der Waals surface area contributed by atoms with Crippen molar-refractivity contribution in [2.24, 2.45) is 0 Å². The number of hydrogen-bond acceptors (Lipinski definition) is 6. The fraction of sp³-hybridized carbons (Fsp3) is 0.211. The van der Waals surface area contributed by atoms with Crippen LogP contribution in [0.2, 0.25) is 5.02 Å². The van der Waals surface area contributed by atoms with Crippen molar-refractivity contribution < 1.29 is 9.85 Å². The minimum Gasteiger partial charge on any atom is -0.300 e. The van der Waals surface area contributed by atoms with E-state index in [4.69, 9.17) is 11.6 Å². The zero-order valence-electron chi connectivity index (χ0n) is 15.0. The highest BCUT2D eigenvalue weighted by molar-refractivity contribution is 6.35. The Morgan fingerprint density at radius 3 is 2.29 bits per heavy atom. The summed E-state index contributed by atoms with van der Waals surface area (Å²) in [6, 6.07) is 12.7. The second-order valence-electron chi connectivity index (χ2n) is 6.47. The maximum Gasteiger partial charge on any atom is 0.270 e. The van der Waals surface area contributed by atoms with Crippen molar-refractivity contribution in [1.82, 2.24) is 9.88 Å². The standard InChI is InChI=1S/C19H17ClN4O4/c1-22(9-8-13-2-4-15(5-3-13)23(25)26)12-14-10-18(20)17-11-16(24(27)28)6-7-19(17)21-14/h2-7,10-11H,8-9,12H2,1H3. The van der Waals surface area contributed by atoms with Gasteiger partial charge in [0.15, 0.2) is 0 Å². The summed E-state index contributed by atoms with van der Waals surface area (Å²) in [5.41, 5.74) is 2.43. The number of hydrogen-bond donors (Lipinski definition) is 0. The molecule has 0 atom stereocenters. The van der Waals surface area contributed by atoms with Gasteiger partial charge in [-0.05, 0) is 31.2 Å². The predicted molar refractivity (Wildman–Crippen MR) is 107 cm³/mol. The second-order valence-corrected chi connectivity index (χ2v) is 6.87. The summed E-state index contributed by atoms with van der Waals surface area (Å²) in [6.07, 6.45) is 0.738. The zero-order chi connectivity index (χ0) is 20.3. The second kappa shape index (κ2) is 8.28. The van der Waals surface area contributed by atoms with Crippen molar-refractivity contribution in [3.05, 3.63) is 85.0 Å². The Bertz CT molecular complexity index is 1040. The first-order valence-corrected chi connectivity index (χ1v) is 8.87. The average molecular weight is 401 g/mol. The molecule has 0 bridgehead atoms. The molecule has 3 aromatic rings. The molecule has 0 radical (unpaired) electrons. The topological polar surface area (TPSA) is 102 Å². The van der Waals surface area contributed by atoms with E-state index in [0.717, 1.165) is 24.2 Å². The van der Waals surface area contributed by atoms with Gasteiger partial charge in [0.1, 0.15) is 0 Å². The Balaban J connectivity index is 1.67. The van der Waals surface area contributed by atoms with Crippen molar-refractivity contribution in [3.8, 4) is 0 Å². The summed E-state index contributed by atoms with van der Waals surface area (Å²) in [5, 5.41) is 22.6. The number of likely N-dealkylation sites (N-methyl/N-ethyl adjacent to an activating group) is 1. The molecule has 8 nitrogen and oxygen atoms in total. The van der Waals surface area contributed by atoms with Crippen LogP contribution in [0.5, 0.6) is 0 Å². The number of pyridine rings is 1. The van der Waals surface area contributed by atoms with Gasteiger partial charge in [-0.15, -0.1) is 0 Å². The molecule has 2 aromatic carbocycles. The van der Waals surface area contributed by atoms with E-state index in [1.807, 2.05) is 7.05 Å². The summed E-state index contributed by atoms with van der Waals surface area (Å²) in [7, 11) is 1.95. The Kier molecular flexibility index (Phi) is 5.81. The smallest absolute Gasteiger partial charge is 0.270 e. The Morgan fingerprint density at radius 1 is 1.00 bits per heavy atom. The predicted octanol–water partition coefficient (Wildman–Crippen LogP) is 4.38. The zero-order valence-corrected chi connectivity index (χ0v) is 15.8. The van der Waals surface area contributed by atoms with Gasteiger partial charge in [-0.25, -0.2) is 0 Å². The molecule has 0 amide bonds. The Hall–Kier alpha value is -3.10. The van der Waals surface area contributed by atoms with Crippen LogP contribution in [0.15, 0.2) is 48.5 Å². The highest BCUT2D eigenvalue weighted by atomic mass is 35.5. The molecule has 28 heavy (non-hydrogen) atoms. The summed E-state index contributed by atoms with van der Waals surface area (Å²) in [6.45, 7) is 1.29. The number of fused-ring (bicyclic) bond motifs is 1. The Morgan fingerprint density at radius 2 is 1.64 bits per heavy atom. The maximum atomic E-state index is 10.9. The van der Waals surface area contributed by atoms with Crippen LogP contribution in [0.25, 0.3) is 10.9 Å². The van der Waals surface area contributed by atoms with Crippen molar-refractivity contribution in [3.63, 3.8) is 0 Å². The summed E-state index contributed by atoms with van der Waals surface area (Å²) >= 11 is 6.30. The number of rotatable bonds is 7. The number of nitro benzene ring substituents is 2. The van der Waals surface area contributed by atoms with Gasteiger partial charge in [-0.2, -0.15) is 0 Å². The van der Waals surface area contributed by atoms with Crippen LogP contribution in [-0.4, -0.2) is 33.3 Å². The van der Waals surface area contributed by atoms with Crippen molar-refractivity contribution in [2.45, 2.75) is 13.0 Å². The third kappa shape index (κ3) is 4.59. The van der Waals surface area contributed by atoms with Gasteiger partial charge in [0.25, 0.3) is 11.4 Å². The van der Waals surface area contributed by atoms with Gasteiger partial charge in [-0.3, -0.25) is 25.2 Å². The van der Waals surface area contributed by atoms with Gasteiger partial charge >= 0.3 is 0 Å². The molecule has 9 heteroatoms. The number of nitro groups is 2. The van der Waals surface area contributed by atoms with Crippen LogP contribution in [0, 0.1) is 20.2 Å². The van der Waals surface area contributed by atoms with E-state index in [2.05, 4.69) is 9.88 Å². The van der Waals surface area contributed by atoms with E-state index < -0.39 is 9.85 Å². The normalized spacial score (nSPS) is 11.1. The molecular weight excluding hydrogens is 384 g/mol. The molecule has 0 spiro atoms. The lowest BCUT2D eigenvalue weighted by atomic mass is 10.1. The van der Waals surface area contributed by atoms with E-state index >= 15 is 0 Å². The van der Waals surface area contributed by atoms with Crippen molar-refractivity contribution in [2.75, 3.05) is 13.6 Å². The van der Waals surface area contributed by atoms with E-state index in [1.54, 1.807) is 24.3 Å². The lowest BCUT2D eigenvalue weighted by molar-refractivity contribution is -0.385. The van der Waals surface area contributed by atoms with Gasteiger partial charge in [0.05, 0.1) is 26.1 Å². The van der Waals surface area contributed by atoms with Gasteiger partial charge in [-0.1, -0.05) is 23.7 Å². The van der Waals surface area contributed by atoms with Crippen LogP contribution in [0.4, 0.5) is 11.4 Å². The monoisotopic (exact) mass is 400 g/mol. The maximum absolute atomic E-state index is 10.9. The average Bonchev–Trinajstić information content (AvgIpc) is 2.66. The fourth-order valence-corrected chi connectivity index (χ4v) is 3.16. The van der Waals surface area contributed by atoms with Crippen LogP contribution in [-0.2, 0) is 13.0 Å². The molecule has 144 valence electrons. The molecule has 0 aliphatic heterocycles. The first-order chi connectivity index (χ1) is 13.3. The lowest BCUT2D eigenvalue weighted by Gasteiger charge is -2.16. The number of benzene rings is 2. The largest absolute Gasteiger partial charge is 0.300 e. The first-order valence-electron chi connectivity index (χ1n) is 8.49. The number of non-ortho nitro benzene ring substituents is 2. The third-order valence-corrected chi connectivity index (χ3v) is 4.68. The molecule has 3 rings (SSSR count). The van der Waals surface area contributed by atoms with Crippen LogP contribution in [0.1, 0.15) is 11.3 Å². The van der Waals surface area contributed by atoms with Gasteiger partial charge < -0.3 is 4.90 Å².